The van der Waals surface area contributed by atoms with Crippen LogP contribution in [0.4, 0.5) is 4.79 Å². The third-order valence-electron chi connectivity index (χ3n) is 1.39. The first kappa shape index (κ1) is 7.84. The molecule has 0 spiro atoms. The lowest BCUT2D eigenvalue weighted by molar-refractivity contribution is -0.120. The van der Waals surface area contributed by atoms with Gasteiger partial charge in [-0.25, -0.2) is 4.79 Å². The van der Waals surface area contributed by atoms with Gasteiger partial charge in [-0.15, -0.1) is 0 Å². The zero-order valence-electron chi connectivity index (χ0n) is 6.38. The molecule has 62 valence electrons. The predicted octanol–water partition coefficient (Wildman–Crippen LogP) is -0.423. The molecule has 0 aromatic carbocycles. The van der Waals surface area contributed by atoms with Crippen molar-refractivity contribution < 1.29 is 14.3 Å². The van der Waals surface area contributed by atoms with Crippen molar-refractivity contribution in [3.05, 3.63) is 0 Å². The Labute approximate surface area is 64.1 Å². The first-order chi connectivity index (χ1) is 5.09. The molecule has 1 rings (SSSR count). The Bertz CT molecular complexity index is 192. The standard InChI is InChI=1S/C6H10N2O3/c1-3-5(7-4(2)9)8-6(10)11-3/h3,5H,1-2H3,(H,7,9)(H,8,10). The van der Waals surface area contributed by atoms with E-state index in [0.717, 1.165) is 0 Å². The summed E-state index contributed by atoms with van der Waals surface area (Å²) in [6.07, 6.45) is -1.18. The molecular formula is C6H10N2O3. The molecule has 5 nitrogen and oxygen atoms in total. The molecule has 2 atom stereocenters. The molecular weight excluding hydrogens is 148 g/mol. The summed E-state index contributed by atoms with van der Waals surface area (Å²) in [6.45, 7) is 3.09. The summed E-state index contributed by atoms with van der Waals surface area (Å²) < 4.78 is 4.71. The number of alkyl carbamates (subject to hydrolysis) is 1. The van der Waals surface area contributed by atoms with E-state index < -0.39 is 6.09 Å². The lowest BCUT2D eigenvalue weighted by atomic mass is 10.3. The Morgan fingerprint density at radius 2 is 2.36 bits per heavy atom. The zero-order chi connectivity index (χ0) is 8.43. The Kier molecular flexibility index (Phi) is 1.98. The molecule has 0 bridgehead atoms. The van der Waals surface area contributed by atoms with Crippen LogP contribution in [0, 0.1) is 0 Å². The number of nitrogens with one attached hydrogen (secondary N) is 2. The van der Waals surface area contributed by atoms with Gasteiger partial charge in [0.05, 0.1) is 0 Å². The number of carbonyl (C=O) groups excluding carboxylic acids is 2. The van der Waals surface area contributed by atoms with Crippen molar-refractivity contribution in [3.8, 4) is 0 Å². The summed E-state index contributed by atoms with van der Waals surface area (Å²) >= 11 is 0. The Hall–Kier alpha value is -1.26. The van der Waals surface area contributed by atoms with Crippen LogP contribution in [0.2, 0.25) is 0 Å². The van der Waals surface area contributed by atoms with E-state index in [0.29, 0.717) is 0 Å². The summed E-state index contributed by atoms with van der Waals surface area (Å²) in [5.41, 5.74) is 0. The van der Waals surface area contributed by atoms with Gasteiger partial charge in [0.25, 0.3) is 0 Å². The average Bonchev–Trinajstić information content (AvgIpc) is 2.09. The van der Waals surface area contributed by atoms with Crippen molar-refractivity contribution in [3.63, 3.8) is 0 Å². The molecule has 11 heavy (non-hydrogen) atoms. The predicted molar refractivity (Wildman–Crippen MR) is 36.7 cm³/mol. The number of carbonyl (C=O) groups is 2. The topological polar surface area (TPSA) is 67.4 Å². The van der Waals surface area contributed by atoms with Crippen LogP contribution in [0.1, 0.15) is 13.8 Å². The second-order valence-electron chi connectivity index (χ2n) is 2.43. The normalized spacial score (nSPS) is 29.1. The first-order valence-electron chi connectivity index (χ1n) is 3.34. The summed E-state index contributed by atoms with van der Waals surface area (Å²) in [5.74, 6) is -0.187. The quantitative estimate of drug-likeness (QED) is 0.544. The molecule has 5 heteroatoms. The van der Waals surface area contributed by atoms with Gasteiger partial charge in [-0.05, 0) is 6.92 Å². The third-order valence-corrected chi connectivity index (χ3v) is 1.39. The van der Waals surface area contributed by atoms with E-state index in [9.17, 15) is 9.59 Å². The maximum Gasteiger partial charge on any atom is 0.409 e. The highest BCUT2D eigenvalue weighted by Gasteiger charge is 2.30. The fourth-order valence-electron chi connectivity index (χ4n) is 0.888. The first-order valence-corrected chi connectivity index (χ1v) is 3.34. The van der Waals surface area contributed by atoms with Crippen LogP contribution in [0.25, 0.3) is 0 Å². The number of ether oxygens (including phenoxy) is 1. The minimum atomic E-state index is -0.490. The van der Waals surface area contributed by atoms with Gasteiger partial charge in [-0.3, -0.25) is 10.1 Å². The highest BCUT2D eigenvalue weighted by Crippen LogP contribution is 2.04. The summed E-state index contributed by atoms with van der Waals surface area (Å²) in [4.78, 5) is 21.1. The number of amides is 2. The Morgan fingerprint density at radius 1 is 1.73 bits per heavy atom. The maximum atomic E-state index is 10.6. The minimum Gasteiger partial charge on any atom is -0.442 e. The van der Waals surface area contributed by atoms with Crippen molar-refractivity contribution in [2.24, 2.45) is 0 Å². The van der Waals surface area contributed by atoms with Crippen LogP contribution in [-0.4, -0.2) is 24.3 Å². The number of cyclic esters (lactones) is 1. The van der Waals surface area contributed by atoms with Crippen molar-refractivity contribution in [1.82, 2.24) is 10.6 Å². The van der Waals surface area contributed by atoms with Crippen LogP contribution in [-0.2, 0) is 9.53 Å². The van der Waals surface area contributed by atoms with Crippen LogP contribution in [0.15, 0.2) is 0 Å². The molecule has 1 fully saturated rings. The van der Waals surface area contributed by atoms with E-state index >= 15 is 0 Å². The van der Waals surface area contributed by atoms with Crippen LogP contribution in [0.5, 0.6) is 0 Å². The van der Waals surface area contributed by atoms with Crippen molar-refractivity contribution in [2.45, 2.75) is 26.1 Å². The molecule has 2 amide bonds. The second kappa shape index (κ2) is 2.77. The fraction of sp³-hybridized carbons (Fsp3) is 0.667. The largest absolute Gasteiger partial charge is 0.442 e. The molecule has 0 aliphatic carbocycles. The molecule has 2 N–H and O–H groups in total. The van der Waals surface area contributed by atoms with Crippen LogP contribution in [0.3, 0.4) is 0 Å². The van der Waals surface area contributed by atoms with Crippen LogP contribution >= 0.6 is 0 Å². The fourth-order valence-corrected chi connectivity index (χ4v) is 0.888. The third kappa shape index (κ3) is 1.83. The molecule has 1 aliphatic rings. The van der Waals surface area contributed by atoms with E-state index in [1.54, 1.807) is 6.92 Å². The van der Waals surface area contributed by atoms with E-state index in [1.807, 2.05) is 0 Å². The van der Waals surface area contributed by atoms with E-state index in [4.69, 9.17) is 4.74 Å². The molecule has 2 unspecified atom stereocenters. The van der Waals surface area contributed by atoms with Crippen LogP contribution < -0.4 is 10.6 Å². The van der Waals surface area contributed by atoms with Gasteiger partial charge in [-0.1, -0.05) is 0 Å². The van der Waals surface area contributed by atoms with Gasteiger partial charge < -0.3 is 10.1 Å². The monoisotopic (exact) mass is 158 g/mol. The second-order valence-corrected chi connectivity index (χ2v) is 2.43. The molecule has 0 radical (unpaired) electrons. The van der Waals surface area contributed by atoms with Gasteiger partial charge in [0.1, 0.15) is 12.3 Å². The number of rotatable bonds is 1. The average molecular weight is 158 g/mol. The summed E-state index contributed by atoms with van der Waals surface area (Å²) in [7, 11) is 0. The van der Waals surface area contributed by atoms with Crippen molar-refractivity contribution in [2.75, 3.05) is 0 Å². The van der Waals surface area contributed by atoms with Crippen molar-refractivity contribution in [1.29, 1.82) is 0 Å². The van der Waals surface area contributed by atoms with E-state index in [1.165, 1.54) is 6.92 Å². The molecule has 0 aromatic rings. The SMILES string of the molecule is CC(=O)NC1NC(=O)OC1C. The summed E-state index contributed by atoms with van der Waals surface area (Å²) in [6, 6.07) is 0. The van der Waals surface area contributed by atoms with Gasteiger partial charge in [0.2, 0.25) is 5.91 Å². The highest BCUT2D eigenvalue weighted by molar-refractivity contribution is 5.76. The lowest BCUT2D eigenvalue weighted by Gasteiger charge is -2.12. The zero-order valence-corrected chi connectivity index (χ0v) is 6.38. The molecule has 1 aliphatic heterocycles. The maximum absolute atomic E-state index is 10.6. The molecule has 1 saturated heterocycles. The van der Waals surface area contributed by atoms with Crippen molar-refractivity contribution >= 4 is 12.0 Å². The Balaban J connectivity index is 2.46. The lowest BCUT2D eigenvalue weighted by Crippen LogP contribution is -2.46. The smallest absolute Gasteiger partial charge is 0.409 e. The minimum absolute atomic E-state index is 0.187. The molecule has 0 saturated carbocycles. The summed E-state index contributed by atoms with van der Waals surface area (Å²) in [5, 5.41) is 4.97. The highest BCUT2D eigenvalue weighted by atomic mass is 16.6. The van der Waals surface area contributed by atoms with Gasteiger partial charge in [0.15, 0.2) is 0 Å². The van der Waals surface area contributed by atoms with E-state index in [2.05, 4.69) is 10.6 Å². The van der Waals surface area contributed by atoms with Gasteiger partial charge in [-0.2, -0.15) is 0 Å². The number of hydrogen-bond acceptors (Lipinski definition) is 3. The molecule has 1 heterocycles. The molecule has 0 aromatic heterocycles. The van der Waals surface area contributed by atoms with Gasteiger partial charge >= 0.3 is 6.09 Å². The Morgan fingerprint density at radius 3 is 2.73 bits per heavy atom. The van der Waals surface area contributed by atoms with Gasteiger partial charge in [0, 0.05) is 6.92 Å². The number of hydrogen-bond donors (Lipinski definition) is 2. The van der Waals surface area contributed by atoms with E-state index in [-0.39, 0.29) is 18.2 Å².